The summed E-state index contributed by atoms with van der Waals surface area (Å²) in [6.45, 7) is 7.35. The van der Waals surface area contributed by atoms with Crippen molar-refractivity contribution in [3.63, 3.8) is 0 Å². The number of benzene rings is 1. The van der Waals surface area contributed by atoms with Crippen LogP contribution < -0.4 is 0 Å². The van der Waals surface area contributed by atoms with Crippen molar-refractivity contribution < 1.29 is 9.90 Å². The summed E-state index contributed by atoms with van der Waals surface area (Å²) < 4.78 is 0. The van der Waals surface area contributed by atoms with Crippen molar-refractivity contribution in [2.45, 2.75) is 39.7 Å². The number of aryl methyl sites for hydroxylation is 1. The summed E-state index contributed by atoms with van der Waals surface area (Å²) in [6, 6.07) is 8.04. The van der Waals surface area contributed by atoms with Gasteiger partial charge in [-0.05, 0) is 24.3 Å². The van der Waals surface area contributed by atoms with Crippen LogP contribution in [0.5, 0.6) is 0 Å². The number of carbonyl (C=O) groups excluding carboxylic acids is 1. The topological polar surface area (TPSA) is 40.5 Å². The van der Waals surface area contributed by atoms with Gasteiger partial charge in [0.2, 0.25) is 5.91 Å². The van der Waals surface area contributed by atoms with E-state index in [1.54, 1.807) is 4.90 Å². The Kier molecular flexibility index (Phi) is 3.95. The summed E-state index contributed by atoms with van der Waals surface area (Å²) in [5.74, 6) is 0.110. The van der Waals surface area contributed by atoms with E-state index < -0.39 is 6.10 Å². The predicted octanol–water partition coefficient (Wildman–Crippen LogP) is 2.16. The largest absolute Gasteiger partial charge is 0.391 e. The molecule has 0 radical (unpaired) electrons. The number of carbonyl (C=O) groups is 1. The van der Waals surface area contributed by atoms with Crippen LogP contribution in [0.4, 0.5) is 0 Å². The Morgan fingerprint density at radius 2 is 2.00 bits per heavy atom. The van der Waals surface area contributed by atoms with Crippen LogP contribution in [0.3, 0.4) is 0 Å². The molecule has 3 heteroatoms. The van der Waals surface area contributed by atoms with Crippen molar-refractivity contribution in [3.8, 4) is 0 Å². The highest BCUT2D eigenvalue weighted by atomic mass is 16.3. The van der Waals surface area contributed by atoms with Gasteiger partial charge in [0, 0.05) is 13.1 Å². The van der Waals surface area contributed by atoms with Crippen LogP contribution in [-0.4, -0.2) is 35.1 Å². The Labute approximate surface area is 115 Å². The summed E-state index contributed by atoms with van der Waals surface area (Å²) in [5, 5.41) is 10.1. The number of rotatable bonds is 2. The van der Waals surface area contributed by atoms with Gasteiger partial charge in [0.25, 0.3) is 0 Å². The highest BCUT2D eigenvalue weighted by Crippen LogP contribution is 2.30. The minimum atomic E-state index is -0.428. The Morgan fingerprint density at radius 3 is 2.58 bits per heavy atom. The lowest BCUT2D eigenvalue weighted by Crippen LogP contribution is -2.50. The van der Waals surface area contributed by atoms with Gasteiger partial charge in [-0.2, -0.15) is 0 Å². The first-order valence-corrected chi connectivity index (χ1v) is 6.90. The molecule has 0 aromatic heterocycles. The molecule has 1 atom stereocenters. The van der Waals surface area contributed by atoms with Gasteiger partial charge < -0.3 is 10.0 Å². The maximum Gasteiger partial charge on any atom is 0.227 e. The molecule has 0 bridgehead atoms. The second kappa shape index (κ2) is 5.33. The first-order chi connectivity index (χ1) is 8.88. The third-order valence-corrected chi connectivity index (χ3v) is 4.15. The summed E-state index contributed by atoms with van der Waals surface area (Å²) in [5.41, 5.74) is 2.15. The molecule has 19 heavy (non-hydrogen) atoms. The third-order valence-electron chi connectivity index (χ3n) is 4.15. The van der Waals surface area contributed by atoms with Gasteiger partial charge in [0.15, 0.2) is 0 Å². The van der Waals surface area contributed by atoms with E-state index in [9.17, 15) is 9.90 Å². The van der Waals surface area contributed by atoms with E-state index in [1.807, 2.05) is 31.2 Å². The maximum atomic E-state index is 12.2. The number of piperidine rings is 1. The van der Waals surface area contributed by atoms with Crippen molar-refractivity contribution in [2.24, 2.45) is 5.41 Å². The van der Waals surface area contributed by atoms with E-state index in [0.29, 0.717) is 13.0 Å². The molecular formula is C16H23NO2. The fraction of sp³-hybridized carbons (Fsp3) is 0.562. The lowest BCUT2D eigenvalue weighted by atomic mass is 9.80. The number of aliphatic hydroxyl groups is 1. The average Bonchev–Trinajstić information content (AvgIpc) is 2.35. The minimum absolute atomic E-state index is 0.0827. The smallest absolute Gasteiger partial charge is 0.227 e. The quantitative estimate of drug-likeness (QED) is 0.886. The molecule has 2 rings (SSSR count). The first-order valence-electron chi connectivity index (χ1n) is 6.90. The van der Waals surface area contributed by atoms with E-state index >= 15 is 0 Å². The van der Waals surface area contributed by atoms with Crippen molar-refractivity contribution >= 4 is 5.91 Å². The number of hydrogen-bond donors (Lipinski definition) is 1. The van der Waals surface area contributed by atoms with Crippen LogP contribution in [-0.2, 0) is 11.2 Å². The maximum absolute atomic E-state index is 12.2. The second-order valence-corrected chi connectivity index (χ2v) is 6.26. The molecule has 0 saturated carbocycles. The third kappa shape index (κ3) is 3.35. The summed E-state index contributed by atoms with van der Waals surface area (Å²) in [4.78, 5) is 14.0. The monoisotopic (exact) mass is 261 g/mol. The summed E-state index contributed by atoms with van der Waals surface area (Å²) in [7, 11) is 0. The molecule has 1 saturated heterocycles. The zero-order valence-electron chi connectivity index (χ0n) is 12.0. The molecule has 1 aliphatic heterocycles. The molecule has 104 valence electrons. The molecule has 1 fully saturated rings. The van der Waals surface area contributed by atoms with Gasteiger partial charge in [0.05, 0.1) is 12.5 Å². The number of hydrogen-bond acceptors (Lipinski definition) is 2. The van der Waals surface area contributed by atoms with E-state index in [0.717, 1.165) is 18.5 Å². The number of aliphatic hydroxyl groups excluding tert-OH is 1. The molecular weight excluding hydrogens is 238 g/mol. The van der Waals surface area contributed by atoms with Gasteiger partial charge in [-0.15, -0.1) is 0 Å². The van der Waals surface area contributed by atoms with E-state index in [4.69, 9.17) is 0 Å². The fourth-order valence-electron chi connectivity index (χ4n) is 2.36. The van der Waals surface area contributed by atoms with Crippen LogP contribution in [0.1, 0.15) is 31.4 Å². The highest BCUT2D eigenvalue weighted by Gasteiger charge is 2.35. The van der Waals surface area contributed by atoms with Crippen LogP contribution in [0.2, 0.25) is 0 Å². The van der Waals surface area contributed by atoms with Gasteiger partial charge >= 0.3 is 0 Å². The lowest BCUT2D eigenvalue weighted by molar-refractivity contribution is -0.137. The number of amides is 1. The normalized spacial score (nSPS) is 22.3. The van der Waals surface area contributed by atoms with Gasteiger partial charge in [-0.25, -0.2) is 0 Å². The summed E-state index contributed by atoms with van der Waals surface area (Å²) in [6.07, 6.45) is 0.851. The number of likely N-dealkylation sites (tertiary alicyclic amines) is 1. The minimum Gasteiger partial charge on any atom is -0.391 e. The van der Waals surface area contributed by atoms with E-state index in [-0.39, 0.29) is 11.3 Å². The number of nitrogens with zero attached hydrogens (tertiary/aromatic N) is 1. The van der Waals surface area contributed by atoms with Crippen LogP contribution in [0, 0.1) is 12.3 Å². The molecule has 1 amide bonds. The molecule has 3 nitrogen and oxygen atoms in total. The van der Waals surface area contributed by atoms with Crippen molar-refractivity contribution in [1.82, 2.24) is 4.90 Å². The Morgan fingerprint density at radius 1 is 1.37 bits per heavy atom. The molecule has 0 spiro atoms. The van der Waals surface area contributed by atoms with Gasteiger partial charge in [0.1, 0.15) is 0 Å². The van der Waals surface area contributed by atoms with Crippen molar-refractivity contribution in [1.29, 1.82) is 0 Å². The molecule has 0 aliphatic carbocycles. The van der Waals surface area contributed by atoms with Crippen molar-refractivity contribution in [3.05, 3.63) is 35.4 Å². The molecule has 1 N–H and O–H groups in total. The van der Waals surface area contributed by atoms with Gasteiger partial charge in [-0.3, -0.25) is 4.79 Å². The fourth-order valence-corrected chi connectivity index (χ4v) is 2.36. The average molecular weight is 261 g/mol. The van der Waals surface area contributed by atoms with Crippen LogP contribution in [0.25, 0.3) is 0 Å². The Bertz CT molecular complexity index is 450. The Hall–Kier alpha value is -1.35. The molecule has 1 unspecified atom stereocenters. The molecule has 1 aromatic carbocycles. The van der Waals surface area contributed by atoms with Crippen LogP contribution >= 0.6 is 0 Å². The van der Waals surface area contributed by atoms with E-state index in [1.165, 1.54) is 5.56 Å². The Balaban J connectivity index is 1.96. The summed E-state index contributed by atoms with van der Waals surface area (Å²) >= 11 is 0. The second-order valence-electron chi connectivity index (χ2n) is 6.26. The van der Waals surface area contributed by atoms with E-state index in [2.05, 4.69) is 13.8 Å². The molecule has 1 aromatic rings. The zero-order valence-corrected chi connectivity index (χ0v) is 12.0. The first kappa shape index (κ1) is 14.1. The van der Waals surface area contributed by atoms with Crippen LogP contribution in [0.15, 0.2) is 24.3 Å². The standard InChI is InChI=1S/C16H23NO2/c1-12-4-6-13(7-5-12)10-15(19)17-9-8-16(2,3)14(18)11-17/h4-7,14,18H,8-11H2,1-3H3. The highest BCUT2D eigenvalue weighted by molar-refractivity contribution is 5.79. The number of β-amino-alcohol motifs (C(OH)–C–C–N with tert-alkyl or cyclic N) is 1. The lowest BCUT2D eigenvalue weighted by Gasteiger charge is -2.41. The van der Waals surface area contributed by atoms with Gasteiger partial charge in [-0.1, -0.05) is 43.7 Å². The zero-order chi connectivity index (χ0) is 14.0. The molecule has 1 aliphatic rings. The SMILES string of the molecule is Cc1ccc(CC(=O)N2CCC(C)(C)C(O)C2)cc1. The van der Waals surface area contributed by atoms with Crippen molar-refractivity contribution in [2.75, 3.05) is 13.1 Å². The molecule has 1 heterocycles. The predicted molar refractivity (Wildman–Crippen MR) is 75.9 cm³/mol.